The quantitative estimate of drug-likeness (QED) is 0.781. The van der Waals surface area contributed by atoms with Gasteiger partial charge in [-0.1, -0.05) is 58.0 Å². The fraction of sp³-hybridized carbons (Fsp3) is 0.588. The molecule has 0 bridgehead atoms. The van der Waals surface area contributed by atoms with Crippen molar-refractivity contribution in [2.75, 3.05) is 6.54 Å². The zero-order valence-corrected chi connectivity index (χ0v) is 13.7. The van der Waals surface area contributed by atoms with Crippen molar-refractivity contribution >= 4 is 6.03 Å². The minimum absolute atomic E-state index is 0.0131. The average molecular weight is 292 g/mol. The highest BCUT2D eigenvalue weighted by Gasteiger charge is 2.23. The van der Waals surface area contributed by atoms with E-state index in [0.717, 1.165) is 0 Å². The number of amides is 2. The number of urea groups is 1. The van der Waals surface area contributed by atoms with Crippen LogP contribution in [0.15, 0.2) is 30.3 Å². The van der Waals surface area contributed by atoms with Gasteiger partial charge in [0.25, 0.3) is 0 Å². The van der Waals surface area contributed by atoms with Gasteiger partial charge >= 0.3 is 6.03 Å². The van der Waals surface area contributed by atoms with Crippen LogP contribution in [0.2, 0.25) is 0 Å². The standard InChI is InChI=1S/C17H28N2O2/c1-12(14-9-7-6-8-10-14)13(2)19-16(21)18-11-15(20)17(3,4)5/h6-10,12-13,15,20H,11H2,1-5H3,(H2,18,19,21). The summed E-state index contributed by atoms with van der Waals surface area (Å²) in [5.41, 5.74) is 0.955. The third kappa shape index (κ3) is 5.76. The summed E-state index contributed by atoms with van der Waals surface area (Å²) in [5.74, 6) is 0.226. The zero-order valence-electron chi connectivity index (χ0n) is 13.7. The Kier molecular flexibility index (Phi) is 6.21. The number of carbonyl (C=O) groups excluding carboxylic acids is 1. The van der Waals surface area contributed by atoms with Gasteiger partial charge in [0.05, 0.1) is 6.10 Å². The second-order valence-corrected chi connectivity index (χ2v) is 6.72. The van der Waals surface area contributed by atoms with Gasteiger partial charge in [-0.2, -0.15) is 0 Å². The van der Waals surface area contributed by atoms with Crippen molar-refractivity contribution in [1.29, 1.82) is 0 Å². The molecule has 1 aromatic rings. The monoisotopic (exact) mass is 292 g/mol. The normalized spacial score (nSPS) is 15.9. The van der Waals surface area contributed by atoms with E-state index in [4.69, 9.17) is 0 Å². The molecule has 0 fully saturated rings. The first-order valence-corrected chi connectivity index (χ1v) is 7.49. The lowest BCUT2D eigenvalue weighted by molar-refractivity contribution is 0.0649. The van der Waals surface area contributed by atoms with E-state index in [1.165, 1.54) is 5.56 Å². The van der Waals surface area contributed by atoms with Crippen LogP contribution < -0.4 is 10.6 Å². The van der Waals surface area contributed by atoms with E-state index >= 15 is 0 Å². The first-order valence-electron chi connectivity index (χ1n) is 7.49. The van der Waals surface area contributed by atoms with Crippen LogP contribution in [0.25, 0.3) is 0 Å². The SMILES string of the molecule is CC(NC(=O)NCC(O)C(C)(C)C)C(C)c1ccccc1. The van der Waals surface area contributed by atoms with Gasteiger partial charge in [-0.15, -0.1) is 0 Å². The maximum atomic E-state index is 11.9. The maximum Gasteiger partial charge on any atom is 0.315 e. The number of hydrogen-bond donors (Lipinski definition) is 3. The first kappa shape index (κ1) is 17.5. The molecule has 0 aliphatic rings. The predicted molar refractivity (Wildman–Crippen MR) is 86.3 cm³/mol. The highest BCUT2D eigenvalue weighted by atomic mass is 16.3. The molecule has 1 aromatic carbocycles. The molecule has 118 valence electrons. The van der Waals surface area contributed by atoms with Crippen LogP contribution in [0.1, 0.15) is 46.1 Å². The van der Waals surface area contributed by atoms with Crippen LogP contribution in [-0.4, -0.2) is 29.8 Å². The van der Waals surface area contributed by atoms with Crippen LogP contribution in [0.5, 0.6) is 0 Å². The van der Waals surface area contributed by atoms with Gasteiger partial charge in [0.15, 0.2) is 0 Å². The Bertz CT molecular complexity index is 440. The van der Waals surface area contributed by atoms with E-state index in [0.29, 0.717) is 0 Å². The van der Waals surface area contributed by atoms with Gasteiger partial charge in [0.1, 0.15) is 0 Å². The fourth-order valence-electron chi connectivity index (χ4n) is 1.92. The topological polar surface area (TPSA) is 61.4 Å². The van der Waals surface area contributed by atoms with Gasteiger partial charge in [-0.05, 0) is 17.9 Å². The Balaban J connectivity index is 2.44. The third-order valence-electron chi connectivity index (χ3n) is 3.89. The number of benzene rings is 1. The smallest absolute Gasteiger partial charge is 0.315 e. The van der Waals surface area contributed by atoms with Crippen molar-refractivity contribution in [1.82, 2.24) is 10.6 Å². The Morgan fingerprint density at radius 1 is 1.19 bits per heavy atom. The summed E-state index contributed by atoms with van der Waals surface area (Å²) in [5, 5.41) is 15.6. The van der Waals surface area contributed by atoms with Gasteiger partial charge in [-0.25, -0.2) is 4.79 Å². The Morgan fingerprint density at radius 2 is 1.76 bits per heavy atom. The Hall–Kier alpha value is -1.55. The predicted octanol–water partition coefficient (Wildman–Crippen LogP) is 2.88. The average Bonchev–Trinajstić information content (AvgIpc) is 2.43. The summed E-state index contributed by atoms with van der Waals surface area (Å²) in [6, 6.07) is 9.87. The van der Waals surface area contributed by atoms with E-state index in [1.807, 2.05) is 45.9 Å². The molecule has 0 saturated heterocycles. The number of rotatable bonds is 5. The number of hydrogen-bond acceptors (Lipinski definition) is 2. The second kappa shape index (κ2) is 7.46. The molecule has 3 unspecified atom stereocenters. The number of nitrogens with one attached hydrogen (secondary N) is 2. The molecule has 1 rings (SSSR count). The van der Waals surface area contributed by atoms with Gasteiger partial charge in [0, 0.05) is 18.5 Å². The molecule has 0 aliphatic heterocycles. The number of carbonyl (C=O) groups is 1. The Labute approximate surface area is 128 Å². The molecule has 0 heterocycles. The van der Waals surface area contributed by atoms with Crippen molar-refractivity contribution < 1.29 is 9.90 Å². The minimum Gasteiger partial charge on any atom is -0.391 e. The summed E-state index contributed by atoms with van der Waals surface area (Å²) >= 11 is 0. The molecular formula is C17H28N2O2. The first-order chi connectivity index (χ1) is 9.71. The molecule has 3 N–H and O–H groups in total. The van der Waals surface area contributed by atoms with Crippen LogP contribution in [0.3, 0.4) is 0 Å². The molecule has 0 radical (unpaired) electrons. The molecule has 0 saturated carbocycles. The number of aliphatic hydroxyl groups is 1. The van der Waals surface area contributed by atoms with Crippen molar-refractivity contribution in [3.63, 3.8) is 0 Å². The minimum atomic E-state index is -0.565. The van der Waals surface area contributed by atoms with E-state index in [1.54, 1.807) is 0 Å². The van der Waals surface area contributed by atoms with Crippen LogP contribution >= 0.6 is 0 Å². The van der Waals surface area contributed by atoms with Crippen molar-refractivity contribution in [3.05, 3.63) is 35.9 Å². The molecule has 0 aliphatic carbocycles. The van der Waals surface area contributed by atoms with Crippen LogP contribution in [-0.2, 0) is 0 Å². The Morgan fingerprint density at radius 3 is 2.29 bits per heavy atom. The largest absolute Gasteiger partial charge is 0.391 e. The number of aliphatic hydroxyl groups excluding tert-OH is 1. The van der Waals surface area contributed by atoms with E-state index in [-0.39, 0.29) is 30.0 Å². The van der Waals surface area contributed by atoms with Crippen molar-refractivity contribution in [2.24, 2.45) is 5.41 Å². The highest BCUT2D eigenvalue weighted by molar-refractivity contribution is 5.74. The molecular weight excluding hydrogens is 264 g/mol. The van der Waals surface area contributed by atoms with Gasteiger partial charge < -0.3 is 15.7 Å². The molecule has 2 amide bonds. The third-order valence-corrected chi connectivity index (χ3v) is 3.89. The fourth-order valence-corrected chi connectivity index (χ4v) is 1.92. The second-order valence-electron chi connectivity index (χ2n) is 6.72. The van der Waals surface area contributed by atoms with E-state index < -0.39 is 6.10 Å². The lowest BCUT2D eigenvalue weighted by Crippen LogP contribution is -2.47. The maximum absolute atomic E-state index is 11.9. The zero-order chi connectivity index (χ0) is 16.0. The van der Waals surface area contributed by atoms with Crippen molar-refractivity contribution in [3.8, 4) is 0 Å². The van der Waals surface area contributed by atoms with Crippen LogP contribution in [0, 0.1) is 5.41 Å². The lowest BCUT2D eigenvalue weighted by atomic mass is 9.89. The van der Waals surface area contributed by atoms with E-state index in [9.17, 15) is 9.90 Å². The molecule has 0 spiro atoms. The lowest BCUT2D eigenvalue weighted by Gasteiger charge is -2.27. The highest BCUT2D eigenvalue weighted by Crippen LogP contribution is 2.19. The molecule has 21 heavy (non-hydrogen) atoms. The molecule has 4 heteroatoms. The van der Waals surface area contributed by atoms with Crippen molar-refractivity contribution in [2.45, 2.75) is 52.7 Å². The molecule has 0 aromatic heterocycles. The summed E-state index contributed by atoms with van der Waals surface area (Å²) in [6.07, 6.45) is -0.565. The summed E-state index contributed by atoms with van der Waals surface area (Å²) in [4.78, 5) is 11.9. The molecule has 3 atom stereocenters. The summed E-state index contributed by atoms with van der Waals surface area (Å²) < 4.78 is 0. The van der Waals surface area contributed by atoms with Crippen LogP contribution in [0.4, 0.5) is 4.79 Å². The van der Waals surface area contributed by atoms with Gasteiger partial charge in [-0.3, -0.25) is 0 Å². The van der Waals surface area contributed by atoms with E-state index in [2.05, 4.69) is 29.7 Å². The summed E-state index contributed by atoms with van der Waals surface area (Å²) in [6.45, 7) is 10.1. The summed E-state index contributed by atoms with van der Waals surface area (Å²) in [7, 11) is 0. The van der Waals surface area contributed by atoms with Gasteiger partial charge in [0.2, 0.25) is 0 Å². The molecule has 4 nitrogen and oxygen atoms in total.